The Labute approximate surface area is 194 Å². The zero-order valence-corrected chi connectivity index (χ0v) is 19.1. The van der Waals surface area contributed by atoms with Crippen LogP contribution in [0.2, 0.25) is 0 Å². The molecule has 0 saturated carbocycles. The van der Waals surface area contributed by atoms with Crippen molar-refractivity contribution >= 4 is 30.6 Å². The minimum atomic E-state index is -1.05. The van der Waals surface area contributed by atoms with Crippen LogP contribution in [0.3, 0.4) is 0 Å². The summed E-state index contributed by atoms with van der Waals surface area (Å²) in [4.78, 5) is 29.5. The zero-order valence-electron chi connectivity index (χ0n) is 19.1. The number of aliphatic carboxylic acids is 1. The standard InChI is InChI=1S/C17H19N3O4.C5H14BNO2/c21-16(22)15(19-17(23)20-6-8-24-9-7-20)11-12-3-4-14-13(10-12)2-1-5-18-14;1-4(2)3-5(7)9-6-8/h1-5,10,15H,6-9,11H2,(H,19,23)(H,21,22);4-6,8H,3,7H2,1-2H3/t;5-/m.1/s1. The Morgan fingerprint density at radius 3 is 2.67 bits per heavy atom. The molecule has 0 radical (unpaired) electrons. The first-order valence-electron chi connectivity index (χ1n) is 11.0. The number of carbonyl (C=O) groups excluding carboxylic acids is 1. The highest BCUT2D eigenvalue weighted by molar-refractivity contribution is 6.15. The van der Waals surface area contributed by atoms with E-state index in [1.165, 1.54) is 0 Å². The lowest BCUT2D eigenvalue weighted by atomic mass is 10.0. The lowest BCUT2D eigenvalue weighted by Crippen LogP contribution is -2.51. The Balaban J connectivity index is 0.000000365. The van der Waals surface area contributed by atoms with Crippen LogP contribution in [-0.2, 0) is 20.6 Å². The van der Waals surface area contributed by atoms with Gasteiger partial charge >= 0.3 is 19.7 Å². The summed E-state index contributed by atoms with van der Waals surface area (Å²) >= 11 is 0. The van der Waals surface area contributed by atoms with Crippen LogP contribution in [0.25, 0.3) is 10.9 Å². The maximum Gasteiger partial charge on any atom is 0.436 e. The van der Waals surface area contributed by atoms with Crippen LogP contribution in [0.4, 0.5) is 4.79 Å². The molecule has 1 aromatic heterocycles. The molecule has 1 saturated heterocycles. The summed E-state index contributed by atoms with van der Waals surface area (Å²) in [5, 5.41) is 21.2. The van der Waals surface area contributed by atoms with Crippen molar-refractivity contribution in [3.8, 4) is 0 Å². The molecule has 33 heavy (non-hydrogen) atoms. The van der Waals surface area contributed by atoms with Gasteiger partial charge in [0.2, 0.25) is 0 Å². The summed E-state index contributed by atoms with van der Waals surface area (Å²) < 4.78 is 9.88. The lowest BCUT2D eigenvalue weighted by Gasteiger charge is -2.28. The Bertz CT molecular complexity index is 894. The average Bonchev–Trinajstić information content (AvgIpc) is 2.79. The number of benzene rings is 1. The number of ether oxygens (including phenoxy) is 1. The number of nitrogens with zero attached hydrogens (tertiary/aromatic N) is 2. The van der Waals surface area contributed by atoms with Gasteiger partial charge in [0.25, 0.3) is 0 Å². The third kappa shape index (κ3) is 9.35. The molecule has 11 heteroatoms. The summed E-state index contributed by atoms with van der Waals surface area (Å²) in [5.74, 6) is -0.533. The number of urea groups is 1. The second kappa shape index (κ2) is 13.7. The molecule has 5 N–H and O–H groups in total. The Hall–Kier alpha value is -2.73. The van der Waals surface area contributed by atoms with E-state index in [4.69, 9.17) is 15.5 Å². The van der Waals surface area contributed by atoms with Crippen molar-refractivity contribution in [2.45, 2.75) is 39.0 Å². The summed E-state index contributed by atoms with van der Waals surface area (Å²) in [5.41, 5.74) is 7.09. The first-order chi connectivity index (χ1) is 15.8. The molecule has 1 aromatic carbocycles. The van der Waals surface area contributed by atoms with Crippen molar-refractivity contribution in [2.24, 2.45) is 11.7 Å². The number of morpholine rings is 1. The van der Waals surface area contributed by atoms with Crippen LogP contribution in [0.1, 0.15) is 25.8 Å². The first kappa shape index (κ1) is 26.5. The molecule has 1 aliphatic heterocycles. The van der Waals surface area contributed by atoms with Gasteiger partial charge in [-0.3, -0.25) is 4.98 Å². The van der Waals surface area contributed by atoms with E-state index in [1.807, 2.05) is 30.3 Å². The molecule has 1 aliphatic rings. The van der Waals surface area contributed by atoms with Crippen LogP contribution >= 0.6 is 0 Å². The molecular weight excluding hydrogens is 427 g/mol. The number of nitrogens with one attached hydrogen (secondary N) is 1. The van der Waals surface area contributed by atoms with Crippen LogP contribution in [-0.4, -0.2) is 78.3 Å². The smallest absolute Gasteiger partial charge is 0.436 e. The van der Waals surface area contributed by atoms with Gasteiger partial charge in [-0.1, -0.05) is 26.0 Å². The molecule has 180 valence electrons. The third-order valence-electron chi connectivity index (χ3n) is 4.99. The molecule has 3 rings (SSSR count). The van der Waals surface area contributed by atoms with Crippen LogP contribution in [0.15, 0.2) is 36.5 Å². The van der Waals surface area contributed by atoms with Crippen LogP contribution in [0, 0.1) is 5.92 Å². The molecule has 2 aromatic rings. The van der Waals surface area contributed by atoms with E-state index in [1.54, 1.807) is 11.1 Å². The SMILES string of the molecule is CC(C)C[C@H](N)OBO.O=C(O)C(Cc1ccc2ncccc2c1)NC(=O)N1CCOCC1. The van der Waals surface area contributed by atoms with Crippen LogP contribution in [0.5, 0.6) is 0 Å². The first-order valence-corrected chi connectivity index (χ1v) is 11.0. The molecule has 10 nitrogen and oxygen atoms in total. The zero-order chi connectivity index (χ0) is 24.2. The number of aromatic nitrogens is 1. The van der Waals surface area contributed by atoms with Gasteiger partial charge in [-0.25, -0.2) is 9.59 Å². The van der Waals surface area contributed by atoms with Crippen molar-refractivity contribution in [2.75, 3.05) is 26.3 Å². The highest BCUT2D eigenvalue weighted by Gasteiger charge is 2.24. The van der Waals surface area contributed by atoms with Crippen molar-refractivity contribution in [3.05, 3.63) is 42.1 Å². The van der Waals surface area contributed by atoms with Gasteiger partial charge in [0.05, 0.1) is 25.0 Å². The number of carboxylic acids is 1. The molecule has 1 unspecified atom stereocenters. The molecule has 2 heterocycles. The minimum Gasteiger partial charge on any atom is -0.480 e. The fourth-order valence-corrected chi connectivity index (χ4v) is 3.32. The van der Waals surface area contributed by atoms with E-state index in [9.17, 15) is 14.7 Å². The maximum absolute atomic E-state index is 12.2. The van der Waals surface area contributed by atoms with Gasteiger partial charge < -0.3 is 35.5 Å². The monoisotopic (exact) mass is 460 g/mol. The predicted octanol–water partition coefficient (Wildman–Crippen LogP) is 0.865. The number of carboxylic acid groups (broad SMARTS) is 1. The number of hydrogen-bond donors (Lipinski definition) is 4. The van der Waals surface area contributed by atoms with E-state index in [2.05, 4.69) is 28.8 Å². The molecular formula is C22H33BN4O6. The van der Waals surface area contributed by atoms with Gasteiger partial charge in [-0.05, 0) is 36.1 Å². The Morgan fingerprint density at radius 1 is 1.30 bits per heavy atom. The number of pyridine rings is 1. The second-order valence-electron chi connectivity index (χ2n) is 8.14. The molecule has 0 aliphatic carbocycles. The van der Waals surface area contributed by atoms with Crippen molar-refractivity contribution in [3.63, 3.8) is 0 Å². The van der Waals surface area contributed by atoms with Gasteiger partial charge in [0.15, 0.2) is 0 Å². The number of amides is 2. The fraction of sp³-hybridized carbons (Fsp3) is 0.500. The molecule has 1 fully saturated rings. The topological polar surface area (TPSA) is 147 Å². The number of hydrogen-bond acceptors (Lipinski definition) is 7. The van der Waals surface area contributed by atoms with E-state index >= 15 is 0 Å². The quantitative estimate of drug-likeness (QED) is 0.335. The average molecular weight is 460 g/mol. The second-order valence-corrected chi connectivity index (χ2v) is 8.14. The van der Waals surface area contributed by atoms with Gasteiger partial charge in [-0.2, -0.15) is 0 Å². The lowest BCUT2D eigenvalue weighted by molar-refractivity contribution is -0.139. The highest BCUT2D eigenvalue weighted by Crippen LogP contribution is 2.15. The van der Waals surface area contributed by atoms with Crippen LogP contribution < -0.4 is 11.1 Å². The molecule has 2 atom stereocenters. The maximum atomic E-state index is 12.2. The molecule has 0 spiro atoms. The number of fused-ring (bicyclic) bond motifs is 1. The normalized spacial score (nSPS) is 15.4. The van der Waals surface area contributed by atoms with Crippen molar-refractivity contribution in [1.82, 2.24) is 15.2 Å². The van der Waals surface area contributed by atoms with Crippen molar-refractivity contribution < 1.29 is 29.1 Å². The number of carbonyl (C=O) groups is 2. The fourth-order valence-electron chi connectivity index (χ4n) is 3.32. The number of rotatable bonds is 8. The van der Waals surface area contributed by atoms with E-state index in [0.29, 0.717) is 32.2 Å². The van der Waals surface area contributed by atoms with E-state index < -0.39 is 12.0 Å². The van der Waals surface area contributed by atoms with Gasteiger partial charge in [-0.15, -0.1) is 0 Å². The largest absolute Gasteiger partial charge is 0.480 e. The molecule has 0 bridgehead atoms. The highest BCUT2D eigenvalue weighted by atomic mass is 16.5. The minimum absolute atomic E-state index is 0.218. The Kier molecular flexibility index (Phi) is 11.0. The summed E-state index contributed by atoms with van der Waals surface area (Å²) in [6.45, 7) is 6.01. The van der Waals surface area contributed by atoms with E-state index in [0.717, 1.165) is 22.9 Å². The third-order valence-corrected chi connectivity index (χ3v) is 4.99. The summed E-state index contributed by atoms with van der Waals surface area (Å²) in [6, 6.07) is 8.01. The summed E-state index contributed by atoms with van der Waals surface area (Å²) in [6.07, 6.45) is 2.41. The number of nitrogens with two attached hydrogens (primary N) is 1. The van der Waals surface area contributed by atoms with Gasteiger partial charge in [0, 0.05) is 31.1 Å². The summed E-state index contributed by atoms with van der Waals surface area (Å²) in [7, 11) is -0.284. The van der Waals surface area contributed by atoms with Gasteiger partial charge in [0.1, 0.15) is 6.04 Å². The Morgan fingerprint density at radius 2 is 2.03 bits per heavy atom. The van der Waals surface area contributed by atoms with E-state index in [-0.39, 0.29) is 26.4 Å². The predicted molar refractivity (Wildman–Crippen MR) is 126 cm³/mol. The van der Waals surface area contributed by atoms with Crippen molar-refractivity contribution in [1.29, 1.82) is 0 Å². The molecule has 2 amide bonds.